The van der Waals surface area contributed by atoms with Crippen molar-refractivity contribution in [3.63, 3.8) is 0 Å². The molecule has 1 aliphatic heterocycles. The van der Waals surface area contributed by atoms with Crippen LogP contribution in [0.25, 0.3) is 0 Å². The van der Waals surface area contributed by atoms with E-state index in [1.165, 1.54) is 0 Å². The molecule has 1 saturated heterocycles. The highest BCUT2D eigenvalue weighted by Crippen LogP contribution is 2.17. The van der Waals surface area contributed by atoms with Gasteiger partial charge in [0.2, 0.25) is 0 Å². The van der Waals surface area contributed by atoms with E-state index in [-0.39, 0.29) is 12.5 Å². The van der Waals surface area contributed by atoms with Gasteiger partial charge >= 0.3 is 0 Å². The number of likely N-dealkylation sites (tertiary alicyclic amines) is 1. The summed E-state index contributed by atoms with van der Waals surface area (Å²) in [5, 5.41) is 8.59. The van der Waals surface area contributed by atoms with Crippen molar-refractivity contribution >= 4 is 0 Å². The Labute approximate surface area is 54.3 Å². The van der Waals surface area contributed by atoms with Gasteiger partial charge < -0.3 is 10.0 Å². The SMILES string of the molecule is CN1CC(F)C(CO)C1. The second-order valence-corrected chi connectivity index (χ2v) is 2.68. The molecule has 0 aromatic carbocycles. The molecule has 0 aromatic rings. The Hall–Kier alpha value is -0.150. The highest BCUT2D eigenvalue weighted by atomic mass is 19.1. The van der Waals surface area contributed by atoms with Gasteiger partial charge in [0, 0.05) is 25.6 Å². The molecule has 1 fully saturated rings. The van der Waals surface area contributed by atoms with Crippen LogP contribution in [-0.4, -0.2) is 42.9 Å². The molecule has 2 unspecified atom stereocenters. The molecular formula is C6H12FNO. The average Bonchev–Trinajstić information content (AvgIpc) is 2.10. The van der Waals surface area contributed by atoms with Crippen molar-refractivity contribution in [2.75, 3.05) is 26.7 Å². The number of hydrogen-bond donors (Lipinski definition) is 1. The van der Waals surface area contributed by atoms with Gasteiger partial charge in [-0.25, -0.2) is 4.39 Å². The van der Waals surface area contributed by atoms with Gasteiger partial charge in [0.15, 0.2) is 0 Å². The Morgan fingerprint density at radius 2 is 2.33 bits per heavy atom. The lowest BCUT2D eigenvalue weighted by Crippen LogP contribution is -2.16. The summed E-state index contributed by atoms with van der Waals surface area (Å²) in [6.07, 6.45) is -0.819. The van der Waals surface area contributed by atoms with Crippen molar-refractivity contribution in [2.24, 2.45) is 5.92 Å². The number of nitrogens with zero attached hydrogens (tertiary/aromatic N) is 1. The van der Waals surface area contributed by atoms with E-state index in [1.807, 2.05) is 11.9 Å². The fraction of sp³-hybridized carbons (Fsp3) is 1.00. The zero-order valence-electron chi connectivity index (χ0n) is 5.55. The molecule has 0 aromatic heterocycles. The molecule has 0 aliphatic carbocycles. The van der Waals surface area contributed by atoms with E-state index in [1.54, 1.807) is 0 Å². The molecular weight excluding hydrogens is 121 g/mol. The standard InChI is InChI=1S/C6H12FNO/c1-8-2-5(4-9)6(7)3-8/h5-6,9H,2-4H2,1H3. The summed E-state index contributed by atoms with van der Waals surface area (Å²) in [6.45, 7) is 1.15. The van der Waals surface area contributed by atoms with Crippen LogP contribution >= 0.6 is 0 Å². The van der Waals surface area contributed by atoms with E-state index in [0.717, 1.165) is 0 Å². The summed E-state index contributed by atoms with van der Waals surface area (Å²) in [5.74, 6) is -0.144. The van der Waals surface area contributed by atoms with Gasteiger partial charge in [-0.1, -0.05) is 0 Å². The molecule has 0 saturated carbocycles. The van der Waals surface area contributed by atoms with Crippen molar-refractivity contribution in [3.05, 3.63) is 0 Å². The lowest BCUT2D eigenvalue weighted by atomic mass is 10.1. The first-order valence-electron chi connectivity index (χ1n) is 3.17. The Bertz CT molecular complexity index is 99.1. The molecule has 0 spiro atoms. The van der Waals surface area contributed by atoms with E-state index >= 15 is 0 Å². The summed E-state index contributed by atoms with van der Waals surface area (Å²) in [4.78, 5) is 1.89. The molecule has 2 atom stereocenters. The molecule has 54 valence electrons. The van der Waals surface area contributed by atoms with Crippen LogP contribution in [-0.2, 0) is 0 Å². The molecule has 3 heteroatoms. The van der Waals surface area contributed by atoms with Crippen LogP contribution in [0.3, 0.4) is 0 Å². The molecule has 1 aliphatic rings. The maximum atomic E-state index is 12.6. The van der Waals surface area contributed by atoms with Crippen LogP contribution in [0.5, 0.6) is 0 Å². The van der Waals surface area contributed by atoms with Gasteiger partial charge in [0.1, 0.15) is 6.17 Å². The van der Waals surface area contributed by atoms with Gasteiger partial charge in [-0.05, 0) is 7.05 Å². The van der Waals surface area contributed by atoms with Gasteiger partial charge in [-0.3, -0.25) is 0 Å². The van der Waals surface area contributed by atoms with Crippen molar-refractivity contribution in [1.29, 1.82) is 0 Å². The number of rotatable bonds is 1. The fourth-order valence-corrected chi connectivity index (χ4v) is 1.21. The number of aliphatic hydroxyl groups excluding tert-OH is 1. The summed E-state index contributed by atoms with van der Waals surface area (Å²) in [5.41, 5.74) is 0. The van der Waals surface area contributed by atoms with E-state index in [9.17, 15) is 4.39 Å². The Kier molecular flexibility index (Phi) is 2.03. The maximum absolute atomic E-state index is 12.6. The first kappa shape index (κ1) is 6.96. The highest BCUT2D eigenvalue weighted by Gasteiger charge is 2.29. The summed E-state index contributed by atoms with van der Waals surface area (Å²) in [7, 11) is 1.86. The smallest absolute Gasteiger partial charge is 0.119 e. The minimum atomic E-state index is -0.819. The van der Waals surface area contributed by atoms with E-state index in [2.05, 4.69) is 0 Å². The lowest BCUT2D eigenvalue weighted by Gasteiger charge is -2.05. The van der Waals surface area contributed by atoms with Crippen LogP contribution in [0, 0.1) is 5.92 Å². The van der Waals surface area contributed by atoms with Crippen LogP contribution in [0.1, 0.15) is 0 Å². The van der Waals surface area contributed by atoms with Gasteiger partial charge in [-0.2, -0.15) is 0 Å². The number of halogens is 1. The summed E-state index contributed by atoms with van der Waals surface area (Å²) < 4.78 is 12.6. The minimum Gasteiger partial charge on any atom is -0.396 e. The third kappa shape index (κ3) is 1.40. The van der Waals surface area contributed by atoms with Gasteiger partial charge in [-0.15, -0.1) is 0 Å². The second-order valence-electron chi connectivity index (χ2n) is 2.68. The van der Waals surface area contributed by atoms with Crippen molar-refractivity contribution < 1.29 is 9.50 Å². The topological polar surface area (TPSA) is 23.5 Å². The first-order valence-corrected chi connectivity index (χ1v) is 3.17. The first-order chi connectivity index (χ1) is 4.24. The molecule has 9 heavy (non-hydrogen) atoms. The maximum Gasteiger partial charge on any atom is 0.119 e. The molecule has 1 rings (SSSR count). The average molecular weight is 133 g/mol. The third-order valence-corrected chi connectivity index (χ3v) is 1.78. The molecule has 0 radical (unpaired) electrons. The van der Waals surface area contributed by atoms with Crippen LogP contribution < -0.4 is 0 Å². The van der Waals surface area contributed by atoms with Crippen molar-refractivity contribution in [3.8, 4) is 0 Å². The number of alkyl halides is 1. The molecule has 1 N–H and O–H groups in total. The largest absolute Gasteiger partial charge is 0.396 e. The van der Waals surface area contributed by atoms with Gasteiger partial charge in [0.25, 0.3) is 0 Å². The Balaban J connectivity index is 2.38. The van der Waals surface area contributed by atoms with Crippen molar-refractivity contribution in [1.82, 2.24) is 4.90 Å². The Morgan fingerprint density at radius 3 is 2.56 bits per heavy atom. The quantitative estimate of drug-likeness (QED) is 0.539. The molecule has 0 amide bonds. The number of aliphatic hydroxyl groups is 1. The van der Waals surface area contributed by atoms with Crippen molar-refractivity contribution in [2.45, 2.75) is 6.17 Å². The molecule has 2 nitrogen and oxygen atoms in total. The highest BCUT2D eigenvalue weighted by molar-refractivity contribution is 4.81. The predicted octanol–water partition coefficient (Wildman–Crippen LogP) is -0.122. The van der Waals surface area contributed by atoms with Crippen LogP contribution in [0.2, 0.25) is 0 Å². The molecule has 0 bridgehead atoms. The minimum absolute atomic E-state index is 0.0223. The van der Waals surface area contributed by atoms with Crippen LogP contribution in [0.15, 0.2) is 0 Å². The zero-order valence-corrected chi connectivity index (χ0v) is 5.55. The second kappa shape index (κ2) is 2.62. The third-order valence-electron chi connectivity index (χ3n) is 1.78. The van der Waals surface area contributed by atoms with Crippen LogP contribution in [0.4, 0.5) is 4.39 Å². The zero-order chi connectivity index (χ0) is 6.85. The predicted molar refractivity (Wildman–Crippen MR) is 33.0 cm³/mol. The summed E-state index contributed by atoms with van der Waals surface area (Å²) >= 11 is 0. The van der Waals surface area contributed by atoms with E-state index in [0.29, 0.717) is 13.1 Å². The van der Waals surface area contributed by atoms with E-state index < -0.39 is 6.17 Å². The normalized spacial score (nSPS) is 37.7. The molecule has 1 heterocycles. The van der Waals surface area contributed by atoms with Gasteiger partial charge in [0.05, 0.1) is 0 Å². The Morgan fingerprint density at radius 1 is 1.67 bits per heavy atom. The fourth-order valence-electron chi connectivity index (χ4n) is 1.21. The monoisotopic (exact) mass is 133 g/mol. The summed E-state index contributed by atoms with van der Waals surface area (Å²) in [6, 6.07) is 0. The van der Waals surface area contributed by atoms with E-state index in [4.69, 9.17) is 5.11 Å². The lowest BCUT2D eigenvalue weighted by molar-refractivity contribution is 0.174. The number of hydrogen-bond acceptors (Lipinski definition) is 2.